The fourth-order valence-corrected chi connectivity index (χ4v) is 5.80. The van der Waals surface area contributed by atoms with Crippen LogP contribution in [0.15, 0.2) is 17.0 Å². The van der Waals surface area contributed by atoms with Gasteiger partial charge in [-0.1, -0.05) is 17.7 Å². The van der Waals surface area contributed by atoms with Crippen molar-refractivity contribution in [1.29, 1.82) is 0 Å². The monoisotopic (exact) mass is 424 g/mol. The zero-order valence-corrected chi connectivity index (χ0v) is 18.0. The van der Waals surface area contributed by atoms with Gasteiger partial charge in [0.2, 0.25) is 10.0 Å². The smallest absolute Gasteiger partial charge is 0.335 e. The highest BCUT2D eigenvalue weighted by Crippen LogP contribution is 2.26. The minimum atomic E-state index is -3.63. The summed E-state index contributed by atoms with van der Waals surface area (Å²) in [6, 6.07) is 3.73. The summed E-state index contributed by atoms with van der Waals surface area (Å²) in [7, 11) is -3.63. The maximum Gasteiger partial charge on any atom is 0.335 e. The summed E-state index contributed by atoms with van der Waals surface area (Å²) in [4.78, 5) is 26.1. The average Bonchev–Trinajstić information content (AvgIpc) is 3.19. The number of benzene rings is 1. The second kappa shape index (κ2) is 8.81. The molecule has 2 heterocycles. The summed E-state index contributed by atoms with van der Waals surface area (Å²) in [6.07, 6.45) is 0.844. The van der Waals surface area contributed by atoms with Gasteiger partial charge in [0.15, 0.2) is 12.7 Å². The van der Waals surface area contributed by atoms with Gasteiger partial charge < -0.3 is 14.4 Å². The lowest BCUT2D eigenvalue weighted by Crippen LogP contribution is -2.51. The van der Waals surface area contributed by atoms with Gasteiger partial charge in [-0.2, -0.15) is 4.31 Å². The molecule has 3 rings (SSSR count). The highest BCUT2D eigenvalue weighted by molar-refractivity contribution is 7.89. The Kier molecular flexibility index (Phi) is 6.60. The number of amides is 1. The van der Waals surface area contributed by atoms with E-state index in [9.17, 15) is 18.0 Å². The molecule has 0 bridgehead atoms. The van der Waals surface area contributed by atoms with Crippen molar-refractivity contribution in [2.24, 2.45) is 0 Å². The number of sulfonamides is 1. The van der Waals surface area contributed by atoms with E-state index < -0.39 is 22.1 Å². The number of esters is 1. The third-order valence-electron chi connectivity index (χ3n) is 5.32. The molecule has 1 aromatic carbocycles. The van der Waals surface area contributed by atoms with Crippen LogP contribution in [0.1, 0.15) is 29.5 Å². The lowest BCUT2D eigenvalue weighted by atomic mass is 10.1. The zero-order valence-electron chi connectivity index (χ0n) is 17.1. The number of carbonyl (C=O) groups excluding carboxylic acids is 2. The van der Waals surface area contributed by atoms with Gasteiger partial charge >= 0.3 is 5.97 Å². The molecule has 0 N–H and O–H groups in total. The Morgan fingerprint density at radius 2 is 1.72 bits per heavy atom. The van der Waals surface area contributed by atoms with Gasteiger partial charge in [-0.05, 0) is 44.7 Å². The first-order valence-electron chi connectivity index (χ1n) is 9.84. The summed E-state index contributed by atoms with van der Waals surface area (Å²) in [5.74, 6) is -0.835. The van der Waals surface area contributed by atoms with Crippen molar-refractivity contribution in [2.45, 2.75) is 44.6 Å². The molecular formula is C20H28N2O6S. The first-order valence-corrected chi connectivity index (χ1v) is 11.3. The molecule has 2 fully saturated rings. The molecule has 0 aliphatic carbocycles. The Morgan fingerprint density at radius 1 is 1.10 bits per heavy atom. The van der Waals surface area contributed by atoms with Crippen LogP contribution < -0.4 is 0 Å². The van der Waals surface area contributed by atoms with Gasteiger partial charge in [-0.15, -0.1) is 0 Å². The van der Waals surface area contributed by atoms with Crippen molar-refractivity contribution in [3.63, 3.8) is 0 Å². The van der Waals surface area contributed by atoms with Crippen LogP contribution in [0.3, 0.4) is 0 Å². The third-order valence-corrected chi connectivity index (χ3v) is 7.53. The van der Waals surface area contributed by atoms with Gasteiger partial charge in [-0.3, -0.25) is 4.79 Å². The molecule has 2 saturated heterocycles. The van der Waals surface area contributed by atoms with Crippen molar-refractivity contribution >= 4 is 21.9 Å². The Hall–Kier alpha value is -1.97. The van der Waals surface area contributed by atoms with E-state index in [0.717, 1.165) is 23.1 Å². The standard InChI is InChI=1S/C20H28N2O6S/c1-14-11-15(2)19(16(3)12-14)29(25,26)22-8-6-21(7-9-22)18(23)13-28-20(24)17-5-4-10-27-17/h11-12,17H,4-10,13H2,1-3H3/t17-/m0/s1. The largest absolute Gasteiger partial charge is 0.454 e. The van der Waals surface area contributed by atoms with Crippen molar-refractivity contribution in [3.8, 4) is 0 Å². The Balaban J connectivity index is 1.57. The van der Waals surface area contributed by atoms with Crippen LogP contribution in [-0.4, -0.2) is 75.0 Å². The van der Waals surface area contributed by atoms with E-state index in [1.165, 1.54) is 9.21 Å². The summed E-state index contributed by atoms with van der Waals surface area (Å²) < 4.78 is 38.0. The molecule has 29 heavy (non-hydrogen) atoms. The summed E-state index contributed by atoms with van der Waals surface area (Å²) in [5.41, 5.74) is 2.47. The Bertz CT molecular complexity index is 861. The number of piperazine rings is 1. The molecule has 0 radical (unpaired) electrons. The van der Waals surface area contributed by atoms with Crippen LogP contribution >= 0.6 is 0 Å². The minimum absolute atomic E-state index is 0.209. The van der Waals surface area contributed by atoms with Crippen LogP contribution in [-0.2, 0) is 29.1 Å². The fourth-order valence-electron chi connectivity index (χ4n) is 3.96. The lowest BCUT2D eigenvalue weighted by molar-refractivity contribution is -0.160. The number of rotatable bonds is 5. The molecular weight excluding hydrogens is 396 g/mol. The normalized spacial score (nSPS) is 20.7. The SMILES string of the molecule is Cc1cc(C)c(S(=O)(=O)N2CCN(C(=O)COC(=O)[C@@H]3CCCO3)CC2)c(C)c1. The highest BCUT2D eigenvalue weighted by Gasteiger charge is 2.33. The predicted molar refractivity (Wildman–Crippen MR) is 106 cm³/mol. The van der Waals surface area contributed by atoms with E-state index in [2.05, 4.69) is 0 Å². The van der Waals surface area contributed by atoms with E-state index in [-0.39, 0.29) is 38.7 Å². The third kappa shape index (κ3) is 4.79. The lowest BCUT2D eigenvalue weighted by Gasteiger charge is -2.34. The topological polar surface area (TPSA) is 93.2 Å². The molecule has 2 aliphatic heterocycles. The maximum atomic E-state index is 13.1. The van der Waals surface area contributed by atoms with E-state index >= 15 is 0 Å². The molecule has 1 amide bonds. The van der Waals surface area contributed by atoms with Crippen molar-refractivity contribution in [3.05, 3.63) is 28.8 Å². The molecule has 2 aliphatic rings. The molecule has 1 aromatic rings. The van der Waals surface area contributed by atoms with E-state index in [4.69, 9.17) is 9.47 Å². The summed E-state index contributed by atoms with van der Waals surface area (Å²) in [5, 5.41) is 0. The van der Waals surface area contributed by atoms with E-state index in [1.807, 2.05) is 19.1 Å². The Morgan fingerprint density at radius 3 is 2.28 bits per heavy atom. The number of hydrogen-bond acceptors (Lipinski definition) is 6. The first-order chi connectivity index (χ1) is 13.7. The number of aryl methyl sites for hydroxylation is 3. The number of ether oxygens (including phenoxy) is 2. The first kappa shape index (κ1) is 21.7. The number of hydrogen-bond donors (Lipinski definition) is 0. The highest BCUT2D eigenvalue weighted by atomic mass is 32.2. The minimum Gasteiger partial charge on any atom is -0.454 e. The second-order valence-electron chi connectivity index (χ2n) is 7.62. The van der Waals surface area contributed by atoms with Gasteiger partial charge in [0.25, 0.3) is 5.91 Å². The molecule has 1 atom stereocenters. The van der Waals surface area contributed by atoms with Crippen molar-refractivity contribution < 1.29 is 27.5 Å². The summed E-state index contributed by atoms with van der Waals surface area (Å²) in [6.45, 7) is 6.67. The Labute approximate surface area is 171 Å². The van der Waals surface area contributed by atoms with E-state index in [1.54, 1.807) is 13.8 Å². The second-order valence-corrected chi connectivity index (χ2v) is 9.50. The molecule has 0 saturated carbocycles. The van der Waals surface area contributed by atoms with Gasteiger partial charge in [0.1, 0.15) is 0 Å². The quantitative estimate of drug-likeness (QED) is 0.659. The fraction of sp³-hybridized carbons (Fsp3) is 0.600. The predicted octanol–water partition coefficient (Wildman–Crippen LogP) is 1.17. The van der Waals surface area contributed by atoms with Crippen LogP contribution in [0.2, 0.25) is 0 Å². The van der Waals surface area contributed by atoms with E-state index in [0.29, 0.717) is 17.9 Å². The van der Waals surface area contributed by atoms with Crippen LogP contribution in [0.4, 0.5) is 0 Å². The zero-order chi connectivity index (χ0) is 21.2. The van der Waals surface area contributed by atoms with Crippen molar-refractivity contribution in [1.82, 2.24) is 9.21 Å². The molecule has 0 unspecified atom stereocenters. The maximum absolute atomic E-state index is 13.1. The molecule has 0 spiro atoms. The van der Waals surface area contributed by atoms with Crippen LogP contribution in [0, 0.1) is 20.8 Å². The van der Waals surface area contributed by atoms with Crippen LogP contribution in [0.5, 0.6) is 0 Å². The van der Waals surface area contributed by atoms with Crippen molar-refractivity contribution in [2.75, 3.05) is 39.4 Å². The molecule has 8 nitrogen and oxygen atoms in total. The van der Waals surface area contributed by atoms with Gasteiger partial charge in [0.05, 0.1) is 4.90 Å². The van der Waals surface area contributed by atoms with Gasteiger partial charge in [-0.25, -0.2) is 13.2 Å². The summed E-state index contributed by atoms with van der Waals surface area (Å²) >= 11 is 0. The molecule has 9 heteroatoms. The molecule has 0 aromatic heterocycles. The average molecular weight is 425 g/mol. The van der Waals surface area contributed by atoms with Gasteiger partial charge in [0, 0.05) is 32.8 Å². The molecule has 160 valence electrons. The number of carbonyl (C=O) groups is 2. The van der Waals surface area contributed by atoms with Crippen LogP contribution in [0.25, 0.3) is 0 Å². The number of nitrogens with zero attached hydrogens (tertiary/aromatic N) is 2.